The molecule has 0 aliphatic heterocycles. The van der Waals surface area contributed by atoms with E-state index in [1.165, 1.54) is 11.3 Å². The van der Waals surface area contributed by atoms with Gasteiger partial charge in [-0.05, 0) is 24.1 Å². The average molecular weight is 362 g/mol. The predicted molar refractivity (Wildman–Crippen MR) is 106 cm³/mol. The zero-order chi connectivity index (χ0) is 17.8. The van der Waals surface area contributed by atoms with E-state index in [2.05, 4.69) is 4.98 Å². The first-order valence-electron chi connectivity index (χ1n) is 8.53. The lowest BCUT2D eigenvalue weighted by atomic mass is 10.1. The fraction of sp³-hybridized carbons (Fsp3) is 0.143. The molecule has 0 unspecified atom stereocenters. The van der Waals surface area contributed by atoms with Crippen molar-refractivity contribution in [3.05, 3.63) is 82.7 Å². The third-order valence-corrected chi connectivity index (χ3v) is 5.09. The highest BCUT2D eigenvalue weighted by Gasteiger charge is 2.12. The van der Waals surface area contributed by atoms with Gasteiger partial charge in [-0.25, -0.2) is 4.98 Å². The van der Waals surface area contributed by atoms with Gasteiger partial charge in [0.05, 0.1) is 18.3 Å². The van der Waals surface area contributed by atoms with Gasteiger partial charge in [-0.3, -0.25) is 9.36 Å². The molecule has 4 aromatic rings. The lowest BCUT2D eigenvalue weighted by Crippen LogP contribution is -2.21. The van der Waals surface area contributed by atoms with Gasteiger partial charge in [0.15, 0.2) is 0 Å². The minimum atomic E-state index is 0.00909. The zero-order valence-corrected chi connectivity index (χ0v) is 15.0. The Hall–Kier alpha value is -2.92. The lowest BCUT2D eigenvalue weighted by Gasteiger charge is -2.08. The molecule has 26 heavy (non-hydrogen) atoms. The van der Waals surface area contributed by atoms with Crippen molar-refractivity contribution in [1.82, 2.24) is 9.55 Å². The van der Waals surface area contributed by atoms with Crippen LogP contribution >= 0.6 is 11.3 Å². The minimum Gasteiger partial charge on any atom is -0.494 e. The summed E-state index contributed by atoms with van der Waals surface area (Å²) in [6.45, 7) is 1.14. The molecule has 2 heterocycles. The van der Waals surface area contributed by atoms with Gasteiger partial charge in [0, 0.05) is 17.5 Å². The van der Waals surface area contributed by atoms with Crippen molar-refractivity contribution in [1.29, 1.82) is 0 Å². The second-order valence-electron chi connectivity index (χ2n) is 5.95. The van der Waals surface area contributed by atoms with Gasteiger partial charge in [-0.2, -0.15) is 0 Å². The van der Waals surface area contributed by atoms with E-state index in [1.807, 2.05) is 66.0 Å². The van der Waals surface area contributed by atoms with Crippen molar-refractivity contribution >= 4 is 21.6 Å². The number of rotatable bonds is 6. The van der Waals surface area contributed by atoms with Crippen LogP contribution in [0.1, 0.15) is 6.42 Å². The summed E-state index contributed by atoms with van der Waals surface area (Å²) < 4.78 is 7.38. The van der Waals surface area contributed by atoms with Gasteiger partial charge >= 0.3 is 0 Å². The molecule has 0 amide bonds. The predicted octanol–water partition coefficient (Wildman–Crippen LogP) is 4.59. The number of hydrogen-bond acceptors (Lipinski definition) is 4. The van der Waals surface area contributed by atoms with Crippen molar-refractivity contribution in [2.24, 2.45) is 0 Å². The number of fused-ring (bicyclic) bond motifs is 1. The van der Waals surface area contributed by atoms with Gasteiger partial charge in [0.2, 0.25) is 0 Å². The molecule has 0 aliphatic rings. The van der Waals surface area contributed by atoms with Gasteiger partial charge in [0.25, 0.3) is 5.56 Å². The van der Waals surface area contributed by atoms with Gasteiger partial charge < -0.3 is 4.74 Å². The normalized spacial score (nSPS) is 10.9. The highest BCUT2D eigenvalue weighted by Crippen LogP contribution is 2.30. The van der Waals surface area contributed by atoms with E-state index < -0.39 is 0 Å². The van der Waals surface area contributed by atoms with E-state index in [0.717, 1.165) is 28.1 Å². The van der Waals surface area contributed by atoms with Crippen LogP contribution in [0.2, 0.25) is 0 Å². The quantitative estimate of drug-likeness (QED) is 0.471. The SMILES string of the molecule is O=c1c2c(-c3ccccc3)csc2ncn1CCCOc1ccccc1. The summed E-state index contributed by atoms with van der Waals surface area (Å²) in [7, 11) is 0. The summed E-state index contributed by atoms with van der Waals surface area (Å²) in [4.78, 5) is 18.2. The Morgan fingerprint density at radius 3 is 2.50 bits per heavy atom. The number of thiophene rings is 1. The van der Waals surface area contributed by atoms with Crippen molar-refractivity contribution in [2.75, 3.05) is 6.61 Å². The Kier molecular flexibility index (Phi) is 4.80. The summed E-state index contributed by atoms with van der Waals surface area (Å²) in [5, 5.41) is 2.71. The third kappa shape index (κ3) is 3.39. The largest absolute Gasteiger partial charge is 0.494 e. The summed E-state index contributed by atoms with van der Waals surface area (Å²) in [6, 6.07) is 19.7. The number of aryl methyl sites for hydroxylation is 1. The Bertz CT molecular complexity index is 1060. The van der Waals surface area contributed by atoms with Crippen LogP contribution in [0.4, 0.5) is 0 Å². The van der Waals surface area contributed by atoms with Gasteiger partial charge in [-0.1, -0.05) is 48.5 Å². The van der Waals surface area contributed by atoms with E-state index >= 15 is 0 Å². The van der Waals surface area contributed by atoms with E-state index in [0.29, 0.717) is 18.5 Å². The van der Waals surface area contributed by atoms with Crippen molar-refractivity contribution in [2.45, 2.75) is 13.0 Å². The molecular weight excluding hydrogens is 344 g/mol. The maximum atomic E-state index is 12.9. The Morgan fingerprint density at radius 1 is 1.00 bits per heavy atom. The standard InChI is InChI=1S/C21H18N2O2S/c24-21-19-18(16-8-3-1-4-9-16)14-26-20(19)22-15-23(21)12-7-13-25-17-10-5-2-6-11-17/h1-6,8-11,14-15H,7,12-13H2. The van der Waals surface area contributed by atoms with Crippen molar-refractivity contribution in [3.63, 3.8) is 0 Å². The first-order chi connectivity index (χ1) is 12.8. The van der Waals surface area contributed by atoms with E-state index in [4.69, 9.17) is 4.74 Å². The van der Waals surface area contributed by atoms with E-state index in [-0.39, 0.29) is 5.56 Å². The Morgan fingerprint density at radius 2 is 1.73 bits per heavy atom. The summed E-state index contributed by atoms with van der Waals surface area (Å²) >= 11 is 1.51. The summed E-state index contributed by atoms with van der Waals surface area (Å²) in [5.74, 6) is 0.845. The smallest absolute Gasteiger partial charge is 0.262 e. The maximum Gasteiger partial charge on any atom is 0.262 e. The van der Waals surface area contributed by atoms with E-state index in [1.54, 1.807) is 10.9 Å². The van der Waals surface area contributed by atoms with E-state index in [9.17, 15) is 4.79 Å². The van der Waals surface area contributed by atoms with Gasteiger partial charge in [0.1, 0.15) is 10.6 Å². The minimum absolute atomic E-state index is 0.00909. The summed E-state index contributed by atoms with van der Waals surface area (Å²) in [6.07, 6.45) is 2.38. The lowest BCUT2D eigenvalue weighted by molar-refractivity contribution is 0.301. The fourth-order valence-corrected chi connectivity index (χ4v) is 3.81. The molecule has 0 saturated carbocycles. The van der Waals surface area contributed by atoms with Crippen LogP contribution in [0.25, 0.3) is 21.3 Å². The Labute approximate surface area is 155 Å². The third-order valence-electron chi connectivity index (χ3n) is 4.20. The molecular formula is C21H18N2O2S. The first-order valence-corrected chi connectivity index (χ1v) is 9.41. The zero-order valence-electron chi connectivity index (χ0n) is 14.2. The molecule has 0 radical (unpaired) electrons. The monoisotopic (exact) mass is 362 g/mol. The van der Waals surface area contributed by atoms with Crippen LogP contribution in [0.5, 0.6) is 5.75 Å². The second kappa shape index (κ2) is 7.54. The molecule has 4 nitrogen and oxygen atoms in total. The van der Waals surface area contributed by atoms with Gasteiger partial charge in [-0.15, -0.1) is 11.3 Å². The average Bonchev–Trinajstić information content (AvgIpc) is 3.13. The second-order valence-corrected chi connectivity index (χ2v) is 6.81. The number of ether oxygens (including phenoxy) is 1. The van der Waals surface area contributed by atoms with Crippen LogP contribution in [0.15, 0.2) is 77.2 Å². The highest BCUT2D eigenvalue weighted by molar-refractivity contribution is 7.17. The molecule has 2 aromatic carbocycles. The first kappa shape index (κ1) is 16.5. The van der Waals surface area contributed by atoms with Crippen LogP contribution in [-0.2, 0) is 6.54 Å². The fourth-order valence-electron chi connectivity index (χ4n) is 2.90. The van der Waals surface area contributed by atoms with Crippen LogP contribution in [-0.4, -0.2) is 16.2 Å². The van der Waals surface area contributed by atoms with Crippen LogP contribution in [0, 0.1) is 0 Å². The number of nitrogens with zero attached hydrogens (tertiary/aromatic N) is 2. The molecule has 0 N–H and O–H groups in total. The molecule has 0 spiro atoms. The van der Waals surface area contributed by atoms with Crippen molar-refractivity contribution < 1.29 is 4.74 Å². The number of aromatic nitrogens is 2. The molecule has 5 heteroatoms. The molecule has 0 atom stereocenters. The Balaban J connectivity index is 1.53. The molecule has 0 bridgehead atoms. The van der Waals surface area contributed by atoms with Crippen LogP contribution in [0.3, 0.4) is 0 Å². The molecule has 2 aromatic heterocycles. The van der Waals surface area contributed by atoms with Crippen LogP contribution < -0.4 is 10.3 Å². The molecule has 0 fully saturated rings. The highest BCUT2D eigenvalue weighted by atomic mass is 32.1. The maximum absolute atomic E-state index is 12.9. The molecule has 0 saturated heterocycles. The van der Waals surface area contributed by atoms with Crippen molar-refractivity contribution in [3.8, 4) is 16.9 Å². The summed E-state index contributed by atoms with van der Waals surface area (Å²) in [5.41, 5.74) is 2.01. The topological polar surface area (TPSA) is 44.1 Å². The number of para-hydroxylation sites is 1. The number of benzene rings is 2. The molecule has 0 aliphatic carbocycles. The molecule has 130 valence electrons. The number of hydrogen-bond donors (Lipinski definition) is 0. The molecule has 4 rings (SSSR count).